The Morgan fingerprint density at radius 3 is 2.71 bits per heavy atom. The van der Waals surface area contributed by atoms with E-state index in [0.717, 1.165) is 0 Å². The summed E-state index contributed by atoms with van der Waals surface area (Å²) in [6.45, 7) is 3.59. The first-order valence-corrected chi connectivity index (χ1v) is 10.5. The maximum Gasteiger partial charge on any atom is 0.329 e. The van der Waals surface area contributed by atoms with E-state index in [9.17, 15) is 14.0 Å². The maximum atomic E-state index is 14.0. The number of carbonyl (C=O) groups excluding carboxylic acids is 2. The fourth-order valence-corrected chi connectivity index (χ4v) is 3.17. The first kappa shape index (κ1) is 24.6. The Hall–Kier alpha value is -2.65. The highest BCUT2D eigenvalue weighted by Crippen LogP contribution is 2.37. The number of ether oxygens (including phenoxy) is 2. The van der Waals surface area contributed by atoms with Gasteiger partial charge in [-0.3, -0.25) is 9.59 Å². The van der Waals surface area contributed by atoms with Gasteiger partial charge in [0.05, 0.1) is 22.8 Å². The minimum absolute atomic E-state index is 0.102. The molecule has 1 atom stereocenters. The third kappa shape index (κ3) is 6.93. The van der Waals surface area contributed by atoms with Gasteiger partial charge in [-0.05, 0) is 59.1 Å². The first-order chi connectivity index (χ1) is 14.8. The number of nitrogens with one attached hydrogen (secondary N) is 2. The van der Waals surface area contributed by atoms with Crippen LogP contribution in [0.3, 0.4) is 0 Å². The Bertz CT molecular complexity index is 967. The summed E-state index contributed by atoms with van der Waals surface area (Å²) in [5.74, 6) is -1.41. The van der Waals surface area contributed by atoms with Crippen LogP contribution in [0.5, 0.6) is 11.5 Å². The molecule has 31 heavy (non-hydrogen) atoms. The van der Waals surface area contributed by atoms with Crippen molar-refractivity contribution in [3.05, 3.63) is 56.8 Å². The second kappa shape index (κ2) is 11.7. The monoisotopic (exact) mass is 513 g/mol. The molecule has 0 aliphatic heterocycles. The van der Waals surface area contributed by atoms with Crippen LogP contribution in [0.2, 0.25) is 5.02 Å². The highest BCUT2D eigenvalue weighted by molar-refractivity contribution is 9.10. The molecule has 2 aromatic carbocycles. The van der Waals surface area contributed by atoms with Gasteiger partial charge in [-0.15, -0.1) is 0 Å². The van der Waals surface area contributed by atoms with Crippen LogP contribution in [-0.4, -0.2) is 31.2 Å². The predicted molar refractivity (Wildman–Crippen MR) is 120 cm³/mol. The van der Waals surface area contributed by atoms with E-state index in [1.807, 2.05) is 6.92 Å². The highest BCUT2D eigenvalue weighted by Gasteiger charge is 2.16. The molecule has 0 aliphatic carbocycles. The number of nitrogens with zero attached hydrogens (tertiary/aromatic N) is 1. The summed E-state index contributed by atoms with van der Waals surface area (Å²) >= 11 is 9.42. The van der Waals surface area contributed by atoms with Crippen molar-refractivity contribution in [2.45, 2.75) is 32.9 Å². The van der Waals surface area contributed by atoms with E-state index in [-0.39, 0.29) is 23.2 Å². The van der Waals surface area contributed by atoms with E-state index in [1.165, 1.54) is 25.5 Å². The largest absolute Gasteiger partial charge is 0.493 e. The fourth-order valence-electron chi connectivity index (χ4n) is 2.38. The highest BCUT2D eigenvalue weighted by atomic mass is 79.9. The van der Waals surface area contributed by atoms with Gasteiger partial charge in [-0.25, -0.2) is 9.82 Å². The van der Waals surface area contributed by atoms with Crippen molar-refractivity contribution in [1.82, 2.24) is 10.7 Å². The summed E-state index contributed by atoms with van der Waals surface area (Å²) < 4.78 is 25.5. The number of rotatable bonds is 8. The number of halogens is 3. The number of hydrazone groups is 1. The summed E-state index contributed by atoms with van der Waals surface area (Å²) in [6.07, 6.45) is 2.05. The molecule has 0 heterocycles. The maximum absolute atomic E-state index is 14.0. The van der Waals surface area contributed by atoms with E-state index in [2.05, 4.69) is 31.8 Å². The predicted octanol–water partition coefficient (Wildman–Crippen LogP) is 4.19. The molecule has 0 radical (unpaired) electrons. The van der Waals surface area contributed by atoms with E-state index in [0.29, 0.717) is 28.0 Å². The van der Waals surface area contributed by atoms with Gasteiger partial charge in [0.1, 0.15) is 12.4 Å². The SMILES string of the molecule is CC[C@H](C)NC(=O)C(=O)N/N=C\c1cc(Br)c(OCc2c(F)cccc2Cl)c(OC)c1. The third-order valence-electron chi connectivity index (χ3n) is 4.25. The molecule has 2 aromatic rings. The van der Waals surface area contributed by atoms with Crippen molar-refractivity contribution in [2.75, 3.05) is 7.11 Å². The van der Waals surface area contributed by atoms with E-state index in [1.54, 1.807) is 25.1 Å². The quantitative estimate of drug-likeness (QED) is 0.314. The molecule has 0 spiro atoms. The molecule has 10 heteroatoms. The number of hydrogen-bond donors (Lipinski definition) is 2. The number of methoxy groups -OCH3 is 1. The van der Waals surface area contributed by atoms with Crippen LogP contribution < -0.4 is 20.2 Å². The molecule has 2 rings (SSSR count). The Kier molecular flexibility index (Phi) is 9.26. The topological polar surface area (TPSA) is 89.0 Å². The van der Waals surface area contributed by atoms with E-state index < -0.39 is 17.6 Å². The molecule has 2 N–H and O–H groups in total. The van der Waals surface area contributed by atoms with Crippen molar-refractivity contribution in [3.63, 3.8) is 0 Å². The van der Waals surface area contributed by atoms with Crippen LogP contribution >= 0.6 is 27.5 Å². The molecule has 166 valence electrons. The smallest absolute Gasteiger partial charge is 0.329 e. The zero-order valence-electron chi connectivity index (χ0n) is 17.2. The zero-order chi connectivity index (χ0) is 23.0. The lowest BCUT2D eigenvalue weighted by Crippen LogP contribution is -2.41. The Morgan fingerprint density at radius 2 is 2.06 bits per heavy atom. The van der Waals surface area contributed by atoms with Gasteiger partial charge < -0.3 is 14.8 Å². The van der Waals surface area contributed by atoms with Gasteiger partial charge in [0.25, 0.3) is 0 Å². The van der Waals surface area contributed by atoms with Gasteiger partial charge in [0.15, 0.2) is 11.5 Å². The van der Waals surface area contributed by atoms with Crippen LogP contribution in [0, 0.1) is 5.82 Å². The van der Waals surface area contributed by atoms with Gasteiger partial charge in [-0.2, -0.15) is 5.10 Å². The van der Waals surface area contributed by atoms with Gasteiger partial charge in [0.2, 0.25) is 0 Å². The standard InChI is InChI=1S/C21H22BrClFN3O4/c1-4-12(2)26-20(28)21(29)27-25-10-13-8-15(22)19(18(9-13)30-3)31-11-14-16(23)6-5-7-17(14)24/h5-10,12H,4,11H2,1-3H3,(H,26,28)(H,27,29)/b25-10-/t12-/m0/s1. The van der Waals surface area contributed by atoms with Gasteiger partial charge in [-0.1, -0.05) is 24.6 Å². The number of carbonyl (C=O) groups is 2. The zero-order valence-corrected chi connectivity index (χ0v) is 19.5. The number of hydrogen-bond acceptors (Lipinski definition) is 5. The molecular weight excluding hydrogens is 493 g/mol. The minimum atomic E-state index is -0.871. The molecule has 0 aromatic heterocycles. The Labute approximate surface area is 193 Å². The lowest BCUT2D eigenvalue weighted by molar-refractivity contribution is -0.139. The van der Waals surface area contributed by atoms with Crippen LogP contribution in [-0.2, 0) is 16.2 Å². The summed E-state index contributed by atoms with van der Waals surface area (Å²) in [6, 6.07) is 7.54. The van der Waals surface area contributed by atoms with Crippen LogP contribution in [0.4, 0.5) is 4.39 Å². The lowest BCUT2D eigenvalue weighted by Gasteiger charge is -2.14. The average Bonchev–Trinajstić information content (AvgIpc) is 2.73. The molecule has 0 bridgehead atoms. The van der Waals surface area contributed by atoms with Crippen molar-refractivity contribution in [2.24, 2.45) is 5.10 Å². The van der Waals surface area contributed by atoms with Crippen molar-refractivity contribution in [3.8, 4) is 11.5 Å². The van der Waals surface area contributed by atoms with Gasteiger partial charge in [0, 0.05) is 11.6 Å². The lowest BCUT2D eigenvalue weighted by atomic mass is 10.2. The summed E-state index contributed by atoms with van der Waals surface area (Å²) in [5, 5.41) is 6.59. The number of amides is 2. The van der Waals surface area contributed by atoms with Gasteiger partial charge >= 0.3 is 11.8 Å². The Balaban J connectivity index is 2.09. The van der Waals surface area contributed by atoms with Crippen LogP contribution in [0.1, 0.15) is 31.4 Å². The normalized spacial score (nSPS) is 11.8. The molecule has 2 amide bonds. The number of benzene rings is 2. The van der Waals surface area contributed by atoms with Crippen molar-refractivity contribution >= 4 is 45.6 Å². The molecule has 0 unspecified atom stereocenters. The summed E-state index contributed by atoms with van der Waals surface area (Å²) in [7, 11) is 1.45. The average molecular weight is 515 g/mol. The molecule has 0 saturated carbocycles. The van der Waals surface area contributed by atoms with Crippen LogP contribution in [0.25, 0.3) is 0 Å². The summed E-state index contributed by atoms with van der Waals surface area (Å²) in [5.41, 5.74) is 2.95. The van der Waals surface area contributed by atoms with E-state index >= 15 is 0 Å². The second-order valence-corrected chi connectivity index (χ2v) is 7.77. The molecule has 7 nitrogen and oxygen atoms in total. The molecule has 0 saturated heterocycles. The molecule has 0 aliphatic rings. The third-order valence-corrected chi connectivity index (χ3v) is 5.19. The molecule has 0 fully saturated rings. The second-order valence-electron chi connectivity index (χ2n) is 6.50. The van der Waals surface area contributed by atoms with Crippen molar-refractivity contribution in [1.29, 1.82) is 0 Å². The Morgan fingerprint density at radius 1 is 1.32 bits per heavy atom. The first-order valence-electron chi connectivity index (χ1n) is 9.33. The van der Waals surface area contributed by atoms with E-state index in [4.69, 9.17) is 21.1 Å². The van der Waals surface area contributed by atoms with Crippen LogP contribution in [0.15, 0.2) is 39.9 Å². The summed E-state index contributed by atoms with van der Waals surface area (Å²) in [4.78, 5) is 23.5. The fraction of sp³-hybridized carbons (Fsp3) is 0.286. The molecular formula is C21H22BrClFN3O4. The minimum Gasteiger partial charge on any atom is -0.493 e. The van der Waals surface area contributed by atoms with Crippen molar-refractivity contribution < 1.29 is 23.5 Å².